The van der Waals surface area contributed by atoms with Gasteiger partial charge in [0.05, 0.1) is 21.8 Å². The lowest BCUT2D eigenvalue weighted by atomic mass is 10.0. The van der Waals surface area contributed by atoms with Gasteiger partial charge >= 0.3 is 0 Å². The van der Waals surface area contributed by atoms with E-state index in [-0.39, 0.29) is 16.2 Å². The van der Waals surface area contributed by atoms with E-state index in [0.717, 1.165) is 30.3 Å². The lowest BCUT2D eigenvalue weighted by Gasteiger charge is -2.25. The van der Waals surface area contributed by atoms with Gasteiger partial charge < -0.3 is 15.3 Å². The van der Waals surface area contributed by atoms with Gasteiger partial charge in [0, 0.05) is 25.0 Å². The molecule has 0 unspecified atom stereocenters. The molecule has 0 aromatic heterocycles. The Bertz CT molecular complexity index is 1470. The molecule has 3 aromatic carbocycles. The Labute approximate surface area is 284 Å². The maximum atomic E-state index is 13.4. The van der Waals surface area contributed by atoms with Crippen molar-refractivity contribution in [1.82, 2.24) is 4.72 Å². The van der Waals surface area contributed by atoms with Crippen LogP contribution in [0.1, 0.15) is 134 Å². The van der Waals surface area contributed by atoms with E-state index in [2.05, 4.69) is 21.9 Å². The molecular weight excluding hydrogens is 607 g/mol. The molecule has 0 saturated carbocycles. The van der Waals surface area contributed by atoms with Crippen molar-refractivity contribution in [3.63, 3.8) is 0 Å². The third kappa shape index (κ3) is 12.5. The lowest BCUT2D eigenvalue weighted by molar-refractivity contribution is 0.102. The van der Waals surface area contributed by atoms with Gasteiger partial charge in [0.2, 0.25) is 10.0 Å². The molecule has 3 N–H and O–H groups in total. The summed E-state index contributed by atoms with van der Waals surface area (Å²) in [5.74, 6) is -0.605. The second-order valence-electron chi connectivity index (χ2n) is 12.7. The summed E-state index contributed by atoms with van der Waals surface area (Å²) >= 11 is 0. The molecule has 0 aliphatic heterocycles. The number of sulfonamides is 1. The second-order valence-corrected chi connectivity index (χ2v) is 14.5. The van der Waals surface area contributed by atoms with Gasteiger partial charge in [-0.1, -0.05) is 134 Å². The number of aromatic hydroxyl groups is 1. The molecule has 0 radical (unpaired) electrons. The van der Waals surface area contributed by atoms with Crippen LogP contribution in [0.2, 0.25) is 0 Å². The van der Waals surface area contributed by atoms with Crippen molar-refractivity contribution in [2.24, 2.45) is 0 Å². The van der Waals surface area contributed by atoms with Crippen LogP contribution in [0.4, 0.5) is 11.4 Å². The number of hydrogen-bond acceptors (Lipinski definition) is 5. The normalized spacial score (nSPS) is 11.6. The first-order valence-corrected chi connectivity index (χ1v) is 19.7. The zero-order valence-corrected chi connectivity index (χ0v) is 30.0. The van der Waals surface area contributed by atoms with Crippen molar-refractivity contribution in [2.45, 2.75) is 128 Å². The van der Waals surface area contributed by atoms with Crippen LogP contribution in [0.25, 0.3) is 10.8 Å². The Morgan fingerprint density at radius 2 is 1.26 bits per heavy atom. The van der Waals surface area contributed by atoms with E-state index in [1.54, 1.807) is 30.3 Å². The maximum Gasteiger partial charge on any atom is 0.259 e. The zero-order chi connectivity index (χ0) is 33.9. The number of carbonyl (C=O) groups excluding carboxylic acids is 1. The Balaban J connectivity index is 1.45. The van der Waals surface area contributed by atoms with Crippen LogP contribution in [0.5, 0.6) is 5.75 Å². The smallest absolute Gasteiger partial charge is 0.259 e. The van der Waals surface area contributed by atoms with Gasteiger partial charge in [-0.2, -0.15) is 0 Å². The maximum absolute atomic E-state index is 13.4. The number of benzene rings is 3. The largest absolute Gasteiger partial charge is 0.506 e. The predicted molar refractivity (Wildman–Crippen MR) is 198 cm³/mol. The van der Waals surface area contributed by atoms with Crippen LogP contribution in [0.15, 0.2) is 59.5 Å². The third-order valence-corrected chi connectivity index (χ3v) is 10.6. The number of rotatable bonds is 24. The van der Waals surface area contributed by atoms with E-state index < -0.39 is 15.9 Å². The minimum atomic E-state index is -3.77. The number of phenolic OH excluding ortho intramolecular Hbond substituents is 1. The highest BCUT2D eigenvalue weighted by atomic mass is 32.2. The molecule has 0 aliphatic rings. The van der Waals surface area contributed by atoms with E-state index in [1.165, 1.54) is 89.5 Å². The molecule has 1 amide bonds. The van der Waals surface area contributed by atoms with Crippen LogP contribution in [-0.2, 0) is 10.0 Å². The van der Waals surface area contributed by atoms with Crippen LogP contribution < -0.4 is 14.9 Å². The van der Waals surface area contributed by atoms with Gasteiger partial charge in [0.25, 0.3) is 5.91 Å². The second kappa shape index (κ2) is 21.0. The monoisotopic (exact) mass is 665 g/mol. The summed E-state index contributed by atoms with van der Waals surface area (Å²) < 4.78 is 29.2. The average Bonchev–Trinajstić information content (AvgIpc) is 3.07. The summed E-state index contributed by atoms with van der Waals surface area (Å²) in [5, 5.41) is 15.1. The molecule has 3 rings (SSSR count). The number of anilines is 2. The molecular formula is C39H59N3O4S. The summed E-state index contributed by atoms with van der Waals surface area (Å²) in [7, 11) is -3.77. The number of unbranched alkanes of at least 4 members (excludes halogenated alkanes) is 15. The Hall–Kier alpha value is -3.10. The predicted octanol–water partition coefficient (Wildman–Crippen LogP) is 10.2. The molecule has 0 heterocycles. The van der Waals surface area contributed by atoms with E-state index in [1.807, 2.05) is 32.0 Å². The molecule has 0 aliphatic carbocycles. The van der Waals surface area contributed by atoms with Crippen LogP contribution in [0.3, 0.4) is 0 Å². The molecule has 0 saturated heterocycles. The number of nitrogens with one attached hydrogen (secondary N) is 2. The fourth-order valence-electron chi connectivity index (χ4n) is 6.21. The van der Waals surface area contributed by atoms with Crippen molar-refractivity contribution < 1.29 is 18.3 Å². The van der Waals surface area contributed by atoms with E-state index >= 15 is 0 Å². The molecule has 0 atom stereocenters. The lowest BCUT2D eigenvalue weighted by Crippen LogP contribution is -2.27. The van der Waals surface area contributed by atoms with Gasteiger partial charge in [-0.25, -0.2) is 13.1 Å². The minimum absolute atomic E-state index is 0.0999. The van der Waals surface area contributed by atoms with Crippen molar-refractivity contribution in [3.8, 4) is 5.75 Å². The Kier molecular flexibility index (Phi) is 17.1. The summed E-state index contributed by atoms with van der Waals surface area (Å²) in [5.41, 5.74) is 1.24. The summed E-state index contributed by atoms with van der Waals surface area (Å²) in [6.45, 7) is 8.03. The SMILES string of the molecule is CCCCCCCCCCCCCCCCCCNS(=O)(=O)c1ccc(N(CC)CC)c(NC(=O)c2ccc3ccccc3c2O)c1. The van der Waals surface area contributed by atoms with Gasteiger partial charge in [0.15, 0.2) is 0 Å². The van der Waals surface area contributed by atoms with Crippen molar-refractivity contribution in [2.75, 3.05) is 29.9 Å². The molecule has 7 nitrogen and oxygen atoms in total. The van der Waals surface area contributed by atoms with E-state index in [0.29, 0.717) is 30.7 Å². The molecule has 3 aromatic rings. The van der Waals surface area contributed by atoms with Crippen molar-refractivity contribution in [1.29, 1.82) is 0 Å². The first-order chi connectivity index (χ1) is 22.8. The molecule has 0 fully saturated rings. The van der Waals surface area contributed by atoms with Crippen LogP contribution >= 0.6 is 0 Å². The topological polar surface area (TPSA) is 98.7 Å². The number of carbonyl (C=O) groups is 1. The first-order valence-electron chi connectivity index (χ1n) is 18.2. The summed E-state index contributed by atoms with van der Waals surface area (Å²) in [6, 6.07) is 15.5. The van der Waals surface area contributed by atoms with Gasteiger partial charge in [-0.05, 0) is 49.9 Å². The third-order valence-electron chi connectivity index (χ3n) is 9.10. The Morgan fingerprint density at radius 3 is 1.83 bits per heavy atom. The highest BCUT2D eigenvalue weighted by Crippen LogP contribution is 2.32. The molecule has 0 bridgehead atoms. The average molecular weight is 666 g/mol. The van der Waals surface area contributed by atoms with E-state index in [4.69, 9.17) is 0 Å². The number of nitrogens with zero attached hydrogens (tertiary/aromatic N) is 1. The van der Waals surface area contributed by atoms with Gasteiger partial charge in [-0.15, -0.1) is 0 Å². The van der Waals surface area contributed by atoms with E-state index in [9.17, 15) is 18.3 Å². The molecule has 260 valence electrons. The number of amides is 1. The summed E-state index contributed by atoms with van der Waals surface area (Å²) in [4.78, 5) is 15.5. The number of fused-ring (bicyclic) bond motifs is 1. The van der Waals surface area contributed by atoms with Crippen molar-refractivity contribution in [3.05, 3.63) is 60.2 Å². The quantitative estimate of drug-likeness (QED) is 0.0827. The fraction of sp³-hybridized carbons (Fsp3) is 0.564. The van der Waals surface area contributed by atoms with Crippen LogP contribution in [-0.4, -0.2) is 39.1 Å². The first kappa shape index (κ1) is 38.3. The Morgan fingerprint density at radius 1 is 0.702 bits per heavy atom. The van der Waals surface area contributed by atoms with Gasteiger partial charge in [0.1, 0.15) is 5.75 Å². The fourth-order valence-corrected chi connectivity index (χ4v) is 7.31. The number of hydrogen-bond donors (Lipinski definition) is 3. The minimum Gasteiger partial charge on any atom is -0.506 e. The highest BCUT2D eigenvalue weighted by Gasteiger charge is 2.21. The van der Waals surface area contributed by atoms with Crippen molar-refractivity contribution >= 4 is 38.1 Å². The molecule has 47 heavy (non-hydrogen) atoms. The summed E-state index contributed by atoms with van der Waals surface area (Å²) in [6.07, 6.45) is 20.4. The molecule has 0 spiro atoms. The van der Waals surface area contributed by atoms with Gasteiger partial charge in [-0.3, -0.25) is 4.79 Å². The van der Waals surface area contributed by atoms with Crippen LogP contribution in [0, 0.1) is 0 Å². The number of phenols is 1. The standard InChI is InChI=1S/C39H59N3O4S/c1-4-7-8-9-10-11-12-13-14-15-16-17-18-19-20-23-30-40-47(45,46)33-27-29-37(42(5-2)6-3)36(31-33)41-39(44)35-28-26-32-24-21-22-25-34(32)38(35)43/h21-22,24-29,31,40,43H,4-20,23,30H2,1-3H3,(H,41,44). The zero-order valence-electron chi connectivity index (χ0n) is 29.2. The molecule has 8 heteroatoms. The highest BCUT2D eigenvalue weighted by molar-refractivity contribution is 7.89.